The smallest absolute Gasteiger partial charge is 0.271 e. The van der Waals surface area contributed by atoms with E-state index < -0.39 is 16.6 Å². The number of amides is 1. The number of non-ortho nitro benzene ring substituents is 1. The number of carbonyl (C=O) groups excluding carboxylic acids is 1. The summed E-state index contributed by atoms with van der Waals surface area (Å²) in [7, 11) is 0. The van der Waals surface area contributed by atoms with E-state index in [-0.39, 0.29) is 27.1 Å². The maximum absolute atomic E-state index is 13.5. The van der Waals surface area contributed by atoms with Crippen LogP contribution in [0.4, 0.5) is 15.8 Å². The fourth-order valence-electron chi connectivity index (χ4n) is 1.69. The fraction of sp³-hybridized carbons (Fsp3) is 0. The van der Waals surface area contributed by atoms with Gasteiger partial charge in [-0.3, -0.25) is 20.2 Å². The number of anilines is 1. The molecule has 0 atom stereocenters. The summed E-state index contributed by atoms with van der Waals surface area (Å²) in [5, 5.41) is 15.6. The zero-order chi connectivity index (χ0) is 17.0. The second-order valence-electron chi connectivity index (χ2n) is 4.31. The fourth-order valence-corrected chi connectivity index (χ4v) is 2.06. The molecule has 9 heteroatoms. The molecule has 118 valence electrons. The third-order valence-corrected chi connectivity index (χ3v) is 3.29. The molecule has 0 saturated heterocycles. The average Bonchev–Trinajstić information content (AvgIpc) is 2.49. The number of hydrogen-bond donors (Lipinski definition) is 2. The lowest BCUT2D eigenvalue weighted by Gasteiger charge is -2.11. The Morgan fingerprint density at radius 1 is 1.26 bits per heavy atom. The molecule has 0 aliphatic carbocycles. The Labute approximate surface area is 140 Å². The van der Waals surface area contributed by atoms with Crippen LogP contribution >= 0.6 is 23.8 Å². The molecule has 0 spiro atoms. The standard InChI is InChI=1S/C14H9ClFN3O3S/c15-10-6-5-8(19(21)22)7-12(10)17-14(23)18-13(20)9-3-1-2-4-11(9)16/h1-7H,(H2,17,18,20,23). The number of nitrogens with zero attached hydrogens (tertiary/aromatic N) is 1. The maximum Gasteiger partial charge on any atom is 0.271 e. The first-order valence-electron chi connectivity index (χ1n) is 6.19. The Morgan fingerprint density at radius 3 is 2.61 bits per heavy atom. The van der Waals surface area contributed by atoms with Crippen LogP contribution in [0.2, 0.25) is 5.02 Å². The Balaban J connectivity index is 2.11. The zero-order valence-electron chi connectivity index (χ0n) is 11.4. The number of benzene rings is 2. The molecule has 0 bridgehead atoms. The highest BCUT2D eigenvalue weighted by Crippen LogP contribution is 2.26. The SMILES string of the molecule is O=C(NC(=S)Nc1cc([N+](=O)[O-])ccc1Cl)c1ccccc1F. The highest BCUT2D eigenvalue weighted by molar-refractivity contribution is 7.80. The van der Waals surface area contributed by atoms with Gasteiger partial charge in [0.05, 0.1) is 21.2 Å². The van der Waals surface area contributed by atoms with Gasteiger partial charge in [0.25, 0.3) is 11.6 Å². The van der Waals surface area contributed by atoms with Crippen molar-refractivity contribution < 1.29 is 14.1 Å². The molecule has 2 aromatic rings. The molecule has 6 nitrogen and oxygen atoms in total. The van der Waals surface area contributed by atoms with E-state index in [9.17, 15) is 19.3 Å². The largest absolute Gasteiger partial charge is 0.331 e. The van der Waals surface area contributed by atoms with Gasteiger partial charge in [0, 0.05) is 12.1 Å². The normalized spacial score (nSPS) is 10.0. The number of rotatable bonds is 3. The van der Waals surface area contributed by atoms with Gasteiger partial charge in [0.1, 0.15) is 5.82 Å². The summed E-state index contributed by atoms with van der Waals surface area (Å²) < 4.78 is 13.5. The molecule has 1 amide bonds. The highest BCUT2D eigenvalue weighted by atomic mass is 35.5. The van der Waals surface area contributed by atoms with Crippen LogP contribution in [0.5, 0.6) is 0 Å². The molecule has 0 radical (unpaired) electrons. The first kappa shape index (κ1) is 16.8. The molecule has 2 aromatic carbocycles. The summed E-state index contributed by atoms with van der Waals surface area (Å²) in [6.07, 6.45) is 0. The number of nitro benzene ring substituents is 1. The molecule has 2 rings (SSSR count). The van der Waals surface area contributed by atoms with Gasteiger partial charge in [0.2, 0.25) is 0 Å². The summed E-state index contributed by atoms with van der Waals surface area (Å²) in [6.45, 7) is 0. The topological polar surface area (TPSA) is 84.3 Å². The summed E-state index contributed by atoms with van der Waals surface area (Å²) in [6, 6.07) is 9.12. The van der Waals surface area contributed by atoms with Gasteiger partial charge in [-0.15, -0.1) is 0 Å². The highest BCUT2D eigenvalue weighted by Gasteiger charge is 2.14. The number of nitrogens with one attached hydrogen (secondary N) is 2. The van der Waals surface area contributed by atoms with Crippen LogP contribution in [0.25, 0.3) is 0 Å². The lowest BCUT2D eigenvalue weighted by molar-refractivity contribution is -0.384. The molecule has 0 aliphatic rings. The minimum absolute atomic E-state index is 0.153. The van der Waals surface area contributed by atoms with Crippen LogP contribution in [0.15, 0.2) is 42.5 Å². The molecule has 0 aliphatic heterocycles. The zero-order valence-corrected chi connectivity index (χ0v) is 13.0. The monoisotopic (exact) mass is 353 g/mol. The third-order valence-electron chi connectivity index (χ3n) is 2.75. The van der Waals surface area contributed by atoms with Gasteiger partial charge >= 0.3 is 0 Å². The summed E-state index contributed by atoms with van der Waals surface area (Å²) in [4.78, 5) is 22.1. The number of carbonyl (C=O) groups is 1. The van der Waals surface area contributed by atoms with Gasteiger partial charge in [-0.25, -0.2) is 4.39 Å². The first-order valence-corrected chi connectivity index (χ1v) is 6.98. The Bertz CT molecular complexity index is 801. The lowest BCUT2D eigenvalue weighted by atomic mass is 10.2. The van der Waals surface area contributed by atoms with Crippen molar-refractivity contribution in [3.8, 4) is 0 Å². The van der Waals surface area contributed by atoms with E-state index in [1.54, 1.807) is 0 Å². The number of thiocarbonyl (C=S) groups is 1. The van der Waals surface area contributed by atoms with Gasteiger partial charge in [0.15, 0.2) is 5.11 Å². The van der Waals surface area contributed by atoms with Gasteiger partial charge < -0.3 is 5.32 Å². The summed E-state index contributed by atoms with van der Waals surface area (Å²) in [5.74, 6) is -1.44. The van der Waals surface area contributed by atoms with Crippen molar-refractivity contribution in [1.29, 1.82) is 0 Å². The van der Waals surface area contributed by atoms with Crippen LogP contribution in [-0.2, 0) is 0 Å². The van der Waals surface area contributed by atoms with Gasteiger partial charge in [-0.05, 0) is 30.4 Å². The van der Waals surface area contributed by atoms with E-state index in [0.717, 1.165) is 6.07 Å². The molecular weight excluding hydrogens is 345 g/mol. The third kappa shape index (κ3) is 4.21. The van der Waals surface area contributed by atoms with Crippen LogP contribution in [0.1, 0.15) is 10.4 Å². The number of nitro groups is 1. The van der Waals surface area contributed by atoms with Crippen LogP contribution in [-0.4, -0.2) is 15.9 Å². The molecular formula is C14H9ClFN3O3S. The van der Waals surface area contributed by atoms with E-state index in [1.807, 2.05) is 0 Å². The Hall–Kier alpha value is -2.58. The predicted octanol–water partition coefficient (Wildman–Crippen LogP) is 3.51. The maximum atomic E-state index is 13.5. The van der Waals surface area contributed by atoms with Crippen molar-refractivity contribution in [3.05, 3.63) is 69.0 Å². The number of halogens is 2. The predicted molar refractivity (Wildman–Crippen MR) is 88.2 cm³/mol. The van der Waals surface area contributed by atoms with Crippen LogP contribution < -0.4 is 10.6 Å². The quantitative estimate of drug-likeness (QED) is 0.501. The molecule has 0 unspecified atom stereocenters. The van der Waals surface area contributed by atoms with E-state index in [2.05, 4.69) is 10.6 Å². The minimum atomic E-state index is -0.748. The van der Waals surface area contributed by atoms with Crippen molar-refractivity contribution in [3.63, 3.8) is 0 Å². The number of hydrogen-bond acceptors (Lipinski definition) is 4. The molecule has 23 heavy (non-hydrogen) atoms. The van der Waals surface area contributed by atoms with Crippen LogP contribution in [0, 0.1) is 15.9 Å². The summed E-state index contributed by atoms with van der Waals surface area (Å²) >= 11 is 10.8. The van der Waals surface area contributed by atoms with Crippen LogP contribution in [0.3, 0.4) is 0 Å². The van der Waals surface area contributed by atoms with E-state index in [4.69, 9.17) is 23.8 Å². The second kappa shape index (κ2) is 7.12. The first-order chi connectivity index (χ1) is 10.9. The van der Waals surface area contributed by atoms with E-state index >= 15 is 0 Å². The van der Waals surface area contributed by atoms with Crippen molar-refractivity contribution in [2.75, 3.05) is 5.32 Å². The second-order valence-corrected chi connectivity index (χ2v) is 5.12. The molecule has 2 N–H and O–H groups in total. The average molecular weight is 354 g/mol. The van der Waals surface area contributed by atoms with Gasteiger partial charge in [-0.2, -0.15) is 0 Å². The molecule has 0 saturated carbocycles. The van der Waals surface area contributed by atoms with Crippen molar-refractivity contribution in [2.24, 2.45) is 0 Å². The Kier molecular flexibility index (Phi) is 5.20. The summed E-state index contributed by atoms with van der Waals surface area (Å²) in [5.41, 5.74) is -0.221. The molecule has 0 aromatic heterocycles. The Morgan fingerprint density at radius 2 is 1.96 bits per heavy atom. The molecule has 0 fully saturated rings. The minimum Gasteiger partial charge on any atom is -0.331 e. The molecule has 0 heterocycles. The van der Waals surface area contributed by atoms with Crippen molar-refractivity contribution in [1.82, 2.24) is 5.32 Å². The van der Waals surface area contributed by atoms with E-state index in [0.29, 0.717) is 0 Å². The van der Waals surface area contributed by atoms with Crippen molar-refractivity contribution >= 4 is 46.2 Å². The van der Waals surface area contributed by atoms with Crippen molar-refractivity contribution in [2.45, 2.75) is 0 Å². The van der Waals surface area contributed by atoms with E-state index in [1.165, 1.54) is 36.4 Å². The van der Waals surface area contributed by atoms with Gasteiger partial charge in [-0.1, -0.05) is 23.7 Å². The lowest BCUT2D eigenvalue weighted by Crippen LogP contribution is -2.34.